The van der Waals surface area contributed by atoms with Crippen LogP contribution in [0.2, 0.25) is 0 Å². The van der Waals surface area contributed by atoms with E-state index in [2.05, 4.69) is 35.9 Å². The summed E-state index contributed by atoms with van der Waals surface area (Å²) >= 11 is 5.35. The fourth-order valence-electron chi connectivity index (χ4n) is 3.04. The van der Waals surface area contributed by atoms with Crippen molar-refractivity contribution in [1.82, 2.24) is 9.88 Å². The summed E-state index contributed by atoms with van der Waals surface area (Å²) in [7, 11) is 0. The Bertz CT molecular complexity index is 776. The van der Waals surface area contributed by atoms with Gasteiger partial charge >= 0.3 is 6.09 Å². The van der Waals surface area contributed by atoms with Gasteiger partial charge in [-0.1, -0.05) is 0 Å². The largest absolute Gasteiger partial charge is 0.444 e. The number of thioether (sulfide) groups is 2. The van der Waals surface area contributed by atoms with E-state index in [1.165, 1.54) is 14.8 Å². The first kappa shape index (κ1) is 21.5. The number of ether oxygens (including phenoxy) is 1. The minimum Gasteiger partial charge on any atom is -0.444 e. The lowest BCUT2D eigenvalue weighted by Gasteiger charge is -2.32. The standard InChI is InChI=1S/C21H28N2O2S3/c1-21(2,3)25-20(24)23-11-9-15(10-12-23)19-22-16(14-28-19)13-27-18-7-5-17(26-4)6-8-18/h5-8,14-15H,9-13H2,1-4H3. The summed E-state index contributed by atoms with van der Waals surface area (Å²) in [6.45, 7) is 7.20. The van der Waals surface area contributed by atoms with Gasteiger partial charge in [0.1, 0.15) is 5.60 Å². The lowest BCUT2D eigenvalue weighted by molar-refractivity contribution is 0.0205. The molecule has 1 aromatic heterocycles. The minimum atomic E-state index is -0.439. The number of benzene rings is 1. The Kier molecular flexibility index (Phi) is 7.34. The van der Waals surface area contributed by atoms with Gasteiger partial charge in [0.15, 0.2) is 0 Å². The van der Waals surface area contributed by atoms with Crippen LogP contribution in [0.1, 0.15) is 50.2 Å². The van der Waals surface area contributed by atoms with E-state index < -0.39 is 5.60 Å². The highest BCUT2D eigenvalue weighted by atomic mass is 32.2. The number of piperidine rings is 1. The van der Waals surface area contributed by atoms with Gasteiger partial charge in [0.25, 0.3) is 0 Å². The summed E-state index contributed by atoms with van der Waals surface area (Å²) < 4.78 is 5.48. The van der Waals surface area contributed by atoms with Gasteiger partial charge in [-0.3, -0.25) is 0 Å². The minimum absolute atomic E-state index is 0.199. The lowest BCUT2D eigenvalue weighted by atomic mass is 9.98. The number of aromatic nitrogens is 1. The summed E-state index contributed by atoms with van der Waals surface area (Å²) in [6.07, 6.45) is 3.80. The van der Waals surface area contributed by atoms with Gasteiger partial charge in [0, 0.05) is 39.9 Å². The number of hydrogen-bond donors (Lipinski definition) is 0. The number of amides is 1. The van der Waals surface area contributed by atoms with Crippen molar-refractivity contribution in [2.45, 2.75) is 60.7 Å². The third-order valence-corrected chi connectivity index (χ3v) is 7.36. The zero-order chi connectivity index (χ0) is 20.1. The number of rotatable bonds is 5. The molecule has 0 atom stereocenters. The predicted octanol–water partition coefficient (Wildman–Crippen LogP) is 6.27. The zero-order valence-corrected chi connectivity index (χ0v) is 19.4. The highest BCUT2D eigenvalue weighted by molar-refractivity contribution is 7.99. The van der Waals surface area contributed by atoms with E-state index in [0.29, 0.717) is 5.92 Å². The summed E-state index contributed by atoms with van der Waals surface area (Å²) in [5.74, 6) is 1.34. The van der Waals surface area contributed by atoms with Crippen LogP contribution in [0.15, 0.2) is 39.4 Å². The van der Waals surface area contributed by atoms with Crippen molar-refractivity contribution in [1.29, 1.82) is 0 Å². The van der Waals surface area contributed by atoms with Gasteiger partial charge < -0.3 is 9.64 Å². The monoisotopic (exact) mass is 436 g/mol. The Labute approximate surface area is 180 Å². The van der Waals surface area contributed by atoms with Crippen LogP contribution in [-0.2, 0) is 10.5 Å². The molecular weight excluding hydrogens is 408 g/mol. The molecule has 2 heterocycles. The second-order valence-corrected chi connectivity index (χ2v) is 10.7. The van der Waals surface area contributed by atoms with E-state index in [9.17, 15) is 4.79 Å². The summed E-state index contributed by atoms with van der Waals surface area (Å²) in [5, 5.41) is 3.39. The first-order chi connectivity index (χ1) is 13.3. The normalized spacial score (nSPS) is 15.6. The highest BCUT2D eigenvalue weighted by Gasteiger charge is 2.28. The van der Waals surface area contributed by atoms with Crippen molar-refractivity contribution in [2.24, 2.45) is 0 Å². The van der Waals surface area contributed by atoms with E-state index >= 15 is 0 Å². The van der Waals surface area contributed by atoms with Gasteiger partial charge in [0.05, 0.1) is 10.7 Å². The molecule has 0 N–H and O–H groups in total. The second-order valence-electron chi connectivity index (χ2n) is 7.88. The summed E-state index contributed by atoms with van der Waals surface area (Å²) in [6, 6.07) is 8.68. The van der Waals surface area contributed by atoms with Crippen LogP contribution >= 0.6 is 34.9 Å². The molecule has 1 saturated heterocycles. The maximum atomic E-state index is 12.2. The predicted molar refractivity (Wildman–Crippen MR) is 120 cm³/mol. The Balaban J connectivity index is 1.48. The second kappa shape index (κ2) is 9.55. The van der Waals surface area contributed by atoms with Gasteiger partial charge in [-0.15, -0.1) is 34.9 Å². The number of nitrogens with zero attached hydrogens (tertiary/aromatic N) is 2. The third-order valence-electron chi connectivity index (χ3n) is 4.51. The molecular formula is C21H28N2O2S3. The van der Waals surface area contributed by atoms with Gasteiger partial charge in [0.2, 0.25) is 0 Å². The molecule has 28 heavy (non-hydrogen) atoms. The molecule has 0 bridgehead atoms. The van der Waals surface area contributed by atoms with Crippen molar-refractivity contribution in [2.75, 3.05) is 19.3 Å². The SMILES string of the molecule is CSc1ccc(SCc2csc(C3CCN(C(=O)OC(C)(C)C)CC3)n2)cc1. The average Bonchev–Trinajstić information content (AvgIpc) is 3.14. The fraction of sp³-hybridized carbons (Fsp3) is 0.524. The number of carbonyl (C=O) groups excluding carboxylic acids is 1. The van der Waals surface area contributed by atoms with E-state index in [0.717, 1.165) is 37.4 Å². The maximum Gasteiger partial charge on any atom is 0.410 e. The summed E-state index contributed by atoms with van der Waals surface area (Å²) in [4.78, 5) is 21.5. The molecule has 3 rings (SSSR count). The Morgan fingerprint density at radius 2 is 1.86 bits per heavy atom. The lowest BCUT2D eigenvalue weighted by Crippen LogP contribution is -2.41. The molecule has 2 aromatic rings. The number of likely N-dealkylation sites (tertiary alicyclic amines) is 1. The molecule has 0 saturated carbocycles. The average molecular weight is 437 g/mol. The van der Waals surface area contributed by atoms with Crippen LogP contribution in [0.4, 0.5) is 4.79 Å². The highest BCUT2D eigenvalue weighted by Crippen LogP contribution is 2.32. The molecule has 7 heteroatoms. The van der Waals surface area contributed by atoms with Crippen LogP contribution in [0.5, 0.6) is 0 Å². The van der Waals surface area contributed by atoms with Crippen LogP contribution in [-0.4, -0.2) is 40.9 Å². The molecule has 152 valence electrons. The molecule has 0 radical (unpaired) electrons. The zero-order valence-electron chi connectivity index (χ0n) is 16.9. The summed E-state index contributed by atoms with van der Waals surface area (Å²) in [5.41, 5.74) is 0.708. The van der Waals surface area contributed by atoms with Gasteiger partial charge in [-0.2, -0.15) is 0 Å². The van der Waals surface area contributed by atoms with Crippen LogP contribution in [0.25, 0.3) is 0 Å². The topological polar surface area (TPSA) is 42.4 Å². The third kappa shape index (κ3) is 6.16. The Hall–Kier alpha value is -1.18. The molecule has 0 spiro atoms. The smallest absolute Gasteiger partial charge is 0.410 e. The Morgan fingerprint density at radius 3 is 2.46 bits per heavy atom. The molecule has 1 aliphatic heterocycles. The Morgan fingerprint density at radius 1 is 1.21 bits per heavy atom. The van der Waals surface area contributed by atoms with Crippen LogP contribution in [0, 0.1) is 0 Å². The van der Waals surface area contributed by atoms with Crippen molar-refractivity contribution in [3.8, 4) is 0 Å². The molecule has 1 fully saturated rings. The molecule has 4 nitrogen and oxygen atoms in total. The van der Waals surface area contributed by atoms with E-state index in [4.69, 9.17) is 9.72 Å². The van der Waals surface area contributed by atoms with E-state index in [-0.39, 0.29) is 6.09 Å². The van der Waals surface area contributed by atoms with Gasteiger partial charge in [-0.25, -0.2) is 9.78 Å². The maximum absolute atomic E-state index is 12.2. The first-order valence-electron chi connectivity index (χ1n) is 9.53. The number of thiazole rings is 1. The molecule has 0 aliphatic carbocycles. The molecule has 1 amide bonds. The molecule has 1 aromatic carbocycles. The number of carbonyl (C=O) groups is 1. The van der Waals surface area contributed by atoms with Crippen LogP contribution in [0.3, 0.4) is 0 Å². The first-order valence-corrected chi connectivity index (χ1v) is 12.6. The van der Waals surface area contributed by atoms with Crippen molar-refractivity contribution in [3.63, 3.8) is 0 Å². The molecule has 0 unspecified atom stereocenters. The number of hydrogen-bond acceptors (Lipinski definition) is 6. The van der Waals surface area contributed by atoms with Gasteiger partial charge in [-0.05, 0) is 64.1 Å². The van der Waals surface area contributed by atoms with Crippen LogP contribution < -0.4 is 0 Å². The van der Waals surface area contributed by atoms with E-state index in [1.807, 2.05) is 37.4 Å². The van der Waals surface area contributed by atoms with Crippen molar-refractivity contribution >= 4 is 41.0 Å². The van der Waals surface area contributed by atoms with E-state index in [1.54, 1.807) is 23.1 Å². The van der Waals surface area contributed by atoms with Crippen molar-refractivity contribution in [3.05, 3.63) is 40.3 Å². The fourth-order valence-corrected chi connectivity index (χ4v) is 5.34. The quantitative estimate of drug-likeness (QED) is 0.517. The van der Waals surface area contributed by atoms with Crippen molar-refractivity contribution < 1.29 is 9.53 Å². The molecule has 1 aliphatic rings.